The van der Waals surface area contributed by atoms with Gasteiger partial charge in [0.05, 0.1) is 12.8 Å². The number of nitrogens with zero attached hydrogens (tertiary/aromatic N) is 2. The fourth-order valence-corrected chi connectivity index (χ4v) is 3.50. The third-order valence-electron chi connectivity index (χ3n) is 5.16. The lowest BCUT2D eigenvalue weighted by atomic mass is 10.0. The van der Waals surface area contributed by atoms with E-state index in [1.54, 1.807) is 31.4 Å². The summed E-state index contributed by atoms with van der Waals surface area (Å²) in [7, 11) is 1.62. The number of rotatable bonds is 5. The SMILES string of the molecule is COc1ccc(C(=O)NC2CCN(c3cc(-c4ccccc4)[nH]n3)CC2)cc1. The number of piperidine rings is 1. The zero-order valence-corrected chi connectivity index (χ0v) is 15.9. The summed E-state index contributed by atoms with van der Waals surface area (Å²) in [6.07, 6.45) is 1.80. The largest absolute Gasteiger partial charge is 0.497 e. The predicted octanol–water partition coefficient (Wildman–Crippen LogP) is 3.48. The van der Waals surface area contributed by atoms with Crippen molar-refractivity contribution in [1.82, 2.24) is 15.5 Å². The van der Waals surface area contributed by atoms with Crippen molar-refractivity contribution < 1.29 is 9.53 Å². The Labute approximate surface area is 164 Å². The Hall–Kier alpha value is -3.28. The number of carbonyl (C=O) groups is 1. The van der Waals surface area contributed by atoms with E-state index in [-0.39, 0.29) is 11.9 Å². The van der Waals surface area contributed by atoms with Crippen molar-refractivity contribution in [2.75, 3.05) is 25.1 Å². The molecular weight excluding hydrogens is 352 g/mol. The molecule has 6 heteroatoms. The number of hydrogen-bond donors (Lipinski definition) is 2. The first-order valence-electron chi connectivity index (χ1n) is 9.53. The number of carbonyl (C=O) groups excluding carboxylic acids is 1. The van der Waals surface area contributed by atoms with Crippen LogP contribution < -0.4 is 15.0 Å². The van der Waals surface area contributed by atoms with Crippen LogP contribution >= 0.6 is 0 Å². The smallest absolute Gasteiger partial charge is 0.251 e. The van der Waals surface area contributed by atoms with Gasteiger partial charge in [-0.3, -0.25) is 9.89 Å². The van der Waals surface area contributed by atoms with E-state index >= 15 is 0 Å². The average Bonchev–Trinajstić information content (AvgIpc) is 3.25. The van der Waals surface area contributed by atoms with Crippen LogP contribution in [0.15, 0.2) is 60.7 Å². The molecule has 1 saturated heterocycles. The minimum absolute atomic E-state index is 0.0350. The maximum Gasteiger partial charge on any atom is 0.251 e. The van der Waals surface area contributed by atoms with Gasteiger partial charge in [0.1, 0.15) is 5.75 Å². The molecule has 1 aliphatic heterocycles. The molecule has 1 fully saturated rings. The molecule has 0 radical (unpaired) electrons. The highest BCUT2D eigenvalue weighted by molar-refractivity contribution is 5.94. The first-order chi connectivity index (χ1) is 13.7. The average molecular weight is 376 g/mol. The van der Waals surface area contributed by atoms with Crippen LogP contribution in [0.5, 0.6) is 5.75 Å². The molecule has 144 valence electrons. The van der Waals surface area contributed by atoms with Gasteiger partial charge in [-0.25, -0.2) is 0 Å². The molecule has 2 aromatic carbocycles. The topological polar surface area (TPSA) is 70.2 Å². The van der Waals surface area contributed by atoms with Crippen molar-refractivity contribution in [3.05, 3.63) is 66.2 Å². The van der Waals surface area contributed by atoms with Crippen molar-refractivity contribution in [3.63, 3.8) is 0 Å². The third kappa shape index (κ3) is 4.01. The van der Waals surface area contributed by atoms with Crippen molar-refractivity contribution in [3.8, 4) is 17.0 Å². The zero-order valence-electron chi connectivity index (χ0n) is 15.9. The van der Waals surface area contributed by atoms with Gasteiger partial charge < -0.3 is 15.0 Å². The molecule has 0 aliphatic carbocycles. The van der Waals surface area contributed by atoms with Gasteiger partial charge in [0.2, 0.25) is 0 Å². The van der Waals surface area contributed by atoms with Gasteiger partial charge in [-0.1, -0.05) is 30.3 Å². The van der Waals surface area contributed by atoms with Crippen LogP contribution in [0.4, 0.5) is 5.82 Å². The van der Waals surface area contributed by atoms with Gasteiger partial charge in [0, 0.05) is 30.8 Å². The summed E-state index contributed by atoms with van der Waals surface area (Å²) in [5.41, 5.74) is 2.80. The number of methoxy groups -OCH3 is 1. The van der Waals surface area contributed by atoms with Crippen LogP contribution in [-0.4, -0.2) is 42.3 Å². The molecular formula is C22H24N4O2. The summed E-state index contributed by atoms with van der Waals surface area (Å²) in [5, 5.41) is 10.7. The highest BCUT2D eigenvalue weighted by Crippen LogP contribution is 2.24. The van der Waals surface area contributed by atoms with E-state index < -0.39 is 0 Å². The number of ether oxygens (including phenoxy) is 1. The second kappa shape index (κ2) is 8.17. The molecule has 6 nitrogen and oxygen atoms in total. The van der Waals surface area contributed by atoms with E-state index in [2.05, 4.69) is 38.6 Å². The molecule has 1 aromatic heterocycles. The number of aromatic amines is 1. The predicted molar refractivity (Wildman–Crippen MR) is 110 cm³/mol. The molecule has 28 heavy (non-hydrogen) atoms. The summed E-state index contributed by atoms with van der Waals surface area (Å²) < 4.78 is 5.14. The Kier molecular flexibility index (Phi) is 5.28. The van der Waals surface area contributed by atoms with Gasteiger partial charge in [-0.2, -0.15) is 5.10 Å². The monoisotopic (exact) mass is 376 g/mol. The van der Waals surface area contributed by atoms with Gasteiger partial charge >= 0.3 is 0 Å². The number of amides is 1. The number of aromatic nitrogens is 2. The Morgan fingerprint density at radius 2 is 1.82 bits per heavy atom. The molecule has 4 rings (SSSR count). The van der Waals surface area contributed by atoms with Crippen LogP contribution in [0.3, 0.4) is 0 Å². The number of nitrogens with one attached hydrogen (secondary N) is 2. The molecule has 0 bridgehead atoms. The number of H-pyrrole nitrogens is 1. The fraction of sp³-hybridized carbons (Fsp3) is 0.273. The van der Waals surface area contributed by atoms with E-state index in [1.165, 1.54) is 0 Å². The van der Waals surface area contributed by atoms with Crippen molar-refractivity contribution >= 4 is 11.7 Å². The minimum Gasteiger partial charge on any atom is -0.497 e. The van der Waals surface area contributed by atoms with E-state index in [9.17, 15) is 4.79 Å². The van der Waals surface area contributed by atoms with Gasteiger partial charge in [0.25, 0.3) is 5.91 Å². The van der Waals surface area contributed by atoms with Crippen LogP contribution in [0.2, 0.25) is 0 Å². The second-order valence-electron chi connectivity index (χ2n) is 6.97. The molecule has 2 heterocycles. The molecule has 0 atom stereocenters. The Bertz CT molecular complexity index is 913. The van der Waals surface area contributed by atoms with Crippen LogP contribution in [0.1, 0.15) is 23.2 Å². The molecule has 1 amide bonds. The number of anilines is 1. The normalized spacial score (nSPS) is 14.7. The Morgan fingerprint density at radius 3 is 2.50 bits per heavy atom. The molecule has 0 spiro atoms. The first kappa shape index (κ1) is 18.1. The summed E-state index contributed by atoms with van der Waals surface area (Å²) in [6, 6.07) is 19.6. The molecule has 0 saturated carbocycles. The summed E-state index contributed by atoms with van der Waals surface area (Å²) in [5.74, 6) is 1.67. The molecule has 1 aliphatic rings. The summed E-state index contributed by atoms with van der Waals surface area (Å²) >= 11 is 0. The van der Waals surface area contributed by atoms with E-state index in [1.807, 2.05) is 18.2 Å². The van der Waals surface area contributed by atoms with Gasteiger partial charge in [-0.15, -0.1) is 0 Å². The fourth-order valence-electron chi connectivity index (χ4n) is 3.50. The van der Waals surface area contributed by atoms with Crippen molar-refractivity contribution in [2.24, 2.45) is 0 Å². The van der Waals surface area contributed by atoms with Crippen LogP contribution in [0.25, 0.3) is 11.3 Å². The van der Waals surface area contributed by atoms with E-state index in [4.69, 9.17) is 4.74 Å². The van der Waals surface area contributed by atoms with Gasteiger partial charge in [-0.05, 0) is 42.7 Å². The minimum atomic E-state index is -0.0350. The van der Waals surface area contributed by atoms with Crippen LogP contribution in [-0.2, 0) is 0 Å². The maximum atomic E-state index is 12.4. The molecule has 3 aromatic rings. The number of benzene rings is 2. The number of hydrogen-bond acceptors (Lipinski definition) is 4. The molecule has 0 unspecified atom stereocenters. The highest BCUT2D eigenvalue weighted by Gasteiger charge is 2.22. The van der Waals surface area contributed by atoms with Crippen molar-refractivity contribution in [1.29, 1.82) is 0 Å². The summed E-state index contributed by atoms with van der Waals surface area (Å²) in [4.78, 5) is 14.7. The molecule has 2 N–H and O–H groups in total. The van der Waals surface area contributed by atoms with Crippen molar-refractivity contribution in [2.45, 2.75) is 18.9 Å². The summed E-state index contributed by atoms with van der Waals surface area (Å²) in [6.45, 7) is 1.74. The maximum absolute atomic E-state index is 12.4. The second-order valence-corrected chi connectivity index (χ2v) is 6.97. The standard InChI is InChI=1S/C22H24N4O2/c1-28-19-9-7-17(8-10-19)22(27)23-18-11-13-26(14-12-18)21-15-20(24-25-21)16-5-3-2-4-6-16/h2-10,15,18H,11-14H2,1H3,(H,23,27)(H,24,25). The zero-order chi connectivity index (χ0) is 19.3. The first-order valence-corrected chi connectivity index (χ1v) is 9.53. The third-order valence-corrected chi connectivity index (χ3v) is 5.16. The van der Waals surface area contributed by atoms with E-state index in [0.29, 0.717) is 5.56 Å². The lowest BCUT2D eigenvalue weighted by molar-refractivity contribution is 0.0931. The van der Waals surface area contributed by atoms with E-state index in [0.717, 1.165) is 48.8 Å². The highest BCUT2D eigenvalue weighted by atomic mass is 16.5. The quantitative estimate of drug-likeness (QED) is 0.715. The van der Waals surface area contributed by atoms with Crippen LogP contribution in [0, 0.1) is 0 Å². The Morgan fingerprint density at radius 1 is 1.11 bits per heavy atom. The lowest BCUT2D eigenvalue weighted by Gasteiger charge is -2.32. The van der Waals surface area contributed by atoms with Gasteiger partial charge in [0.15, 0.2) is 5.82 Å². The lowest BCUT2D eigenvalue weighted by Crippen LogP contribution is -2.44. The Balaban J connectivity index is 1.32.